The van der Waals surface area contributed by atoms with E-state index < -0.39 is 18.5 Å². The van der Waals surface area contributed by atoms with Crippen molar-refractivity contribution in [2.24, 2.45) is 0 Å². The minimum atomic E-state index is -0.636. The van der Waals surface area contributed by atoms with Crippen molar-refractivity contribution in [1.82, 2.24) is 0 Å². The smallest absolute Gasteiger partial charge is 0.338 e. The third-order valence-electron chi connectivity index (χ3n) is 3.26. The van der Waals surface area contributed by atoms with Crippen LogP contribution in [0, 0.1) is 0 Å². The molecule has 0 heterocycles. The van der Waals surface area contributed by atoms with Crippen molar-refractivity contribution < 1.29 is 23.8 Å². The number of esters is 1. The van der Waals surface area contributed by atoms with Gasteiger partial charge in [-0.15, -0.1) is 0 Å². The number of hydrogen-bond donors (Lipinski definition) is 1. The Labute approximate surface area is 157 Å². The van der Waals surface area contributed by atoms with Gasteiger partial charge in [0.25, 0.3) is 5.91 Å². The first-order chi connectivity index (χ1) is 12.5. The summed E-state index contributed by atoms with van der Waals surface area (Å²) in [5.74, 6) is -0.127. The fourth-order valence-corrected chi connectivity index (χ4v) is 2.32. The van der Waals surface area contributed by atoms with Crippen LogP contribution in [0.4, 0.5) is 5.69 Å². The lowest BCUT2D eigenvalue weighted by molar-refractivity contribution is -0.119. The topological polar surface area (TPSA) is 73.9 Å². The number of ether oxygens (including phenoxy) is 3. The fraction of sp³-hybridized carbons (Fsp3) is 0.263. The highest BCUT2D eigenvalue weighted by molar-refractivity contribution is 6.33. The van der Waals surface area contributed by atoms with Gasteiger partial charge in [-0.1, -0.05) is 23.7 Å². The van der Waals surface area contributed by atoms with E-state index in [-0.39, 0.29) is 5.56 Å². The van der Waals surface area contributed by atoms with E-state index in [1.807, 2.05) is 13.8 Å². The molecule has 0 aliphatic rings. The predicted octanol–water partition coefficient (Wildman–Crippen LogP) is 3.93. The molecule has 0 spiro atoms. The van der Waals surface area contributed by atoms with Gasteiger partial charge in [-0.2, -0.15) is 0 Å². The zero-order chi connectivity index (χ0) is 18.9. The van der Waals surface area contributed by atoms with Gasteiger partial charge < -0.3 is 19.5 Å². The van der Waals surface area contributed by atoms with E-state index in [9.17, 15) is 9.59 Å². The number of rotatable bonds is 8. The number of amides is 1. The van der Waals surface area contributed by atoms with Gasteiger partial charge in [0, 0.05) is 0 Å². The van der Waals surface area contributed by atoms with Crippen molar-refractivity contribution >= 4 is 29.2 Å². The molecule has 7 heteroatoms. The van der Waals surface area contributed by atoms with Gasteiger partial charge in [0.1, 0.15) is 0 Å². The molecule has 6 nitrogen and oxygen atoms in total. The molecule has 0 atom stereocenters. The number of benzene rings is 2. The number of carbonyl (C=O) groups is 2. The van der Waals surface area contributed by atoms with Gasteiger partial charge in [-0.05, 0) is 44.2 Å². The molecule has 0 aliphatic carbocycles. The molecular formula is C19H20ClNO5. The largest absolute Gasteiger partial charge is 0.490 e. The number of nitrogens with one attached hydrogen (secondary N) is 1. The Morgan fingerprint density at radius 3 is 2.38 bits per heavy atom. The maximum absolute atomic E-state index is 12.2. The third-order valence-corrected chi connectivity index (χ3v) is 3.59. The first kappa shape index (κ1) is 19.6. The predicted molar refractivity (Wildman–Crippen MR) is 99.1 cm³/mol. The molecule has 2 rings (SSSR count). The van der Waals surface area contributed by atoms with Crippen LogP contribution >= 0.6 is 11.6 Å². The number of halogens is 1. The zero-order valence-electron chi connectivity index (χ0n) is 14.6. The van der Waals surface area contributed by atoms with Gasteiger partial charge in [0.05, 0.1) is 29.5 Å². The van der Waals surface area contributed by atoms with Crippen LogP contribution in [-0.4, -0.2) is 31.7 Å². The van der Waals surface area contributed by atoms with Gasteiger partial charge in [0.2, 0.25) is 0 Å². The van der Waals surface area contributed by atoms with Gasteiger partial charge >= 0.3 is 5.97 Å². The third kappa shape index (κ3) is 5.39. The summed E-state index contributed by atoms with van der Waals surface area (Å²) < 4.78 is 16.0. The molecule has 0 radical (unpaired) electrons. The van der Waals surface area contributed by atoms with Gasteiger partial charge in [-0.3, -0.25) is 4.79 Å². The maximum Gasteiger partial charge on any atom is 0.338 e. The lowest BCUT2D eigenvalue weighted by atomic mass is 10.2. The van der Waals surface area contributed by atoms with Gasteiger partial charge in [-0.25, -0.2) is 4.79 Å². The Morgan fingerprint density at radius 2 is 1.69 bits per heavy atom. The van der Waals surface area contributed by atoms with E-state index in [1.54, 1.807) is 36.4 Å². The summed E-state index contributed by atoms with van der Waals surface area (Å²) >= 11 is 5.97. The number of carbonyl (C=O) groups excluding carboxylic acids is 2. The van der Waals surface area contributed by atoms with Crippen LogP contribution in [0.15, 0.2) is 42.5 Å². The van der Waals surface area contributed by atoms with Crippen molar-refractivity contribution in [2.75, 3.05) is 25.1 Å². The summed E-state index contributed by atoms with van der Waals surface area (Å²) in [6.07, 6.45) is 0. The van der Waals surface area contributed by atoms with E-state index in [0.29, 0.717) is 35.4 Å². The minimum Gasteiger partial charge on any atom is -0.490 e. The molecule has 1 amide bonds. The molecule has 0 aromatic heterocycles. The average molecular weight is 378 g/mol. The Balaban J connectivity index is 1.97. The Morgan fingerprint density at radius 1 is 1.00 bits per heavy atom. The number of para-hydroxylation sites is 1. The highest BCUT2D eigenvalue weighted by Crippen LogP contribution is 2.28. The average Bonchev–Trinajstić information content (AvgIpc) is 2.63. The van der Waals surface area contributed by atoms with E-state index >= 15 is 0 Å². The zero-order valence-corrected chi connectivity index (χ0v) is 15.3. The molecule has 26 heavy (non-hydrogen) atoms. The molecule has 2 aromatic carbocycles. The highest BCUT2D eigenvalue weighted by atomic mass is 35.5. The Bertz CT molecular complexity index is 778. The molecule has 0 saturated carbocycles. The molecule has 0 saturated heterocycles. The molecule has 138 valence electrons. The molecule has 2 aromatic rings. The van der Waals surface area contributed by atoms with Crippen LogP contribution in [0.2, 0.25) is 5.02 Å². The van der Waals surface area contributed by atoms with Crippen LogP contribution in [0.1, 0.15) is 24.2 Å². The lowest BCUT2D eigenvalue weighted by Gasteiger charge is -2.12. The van der Waals surface area contributed by atoms with Crippen LogP contribution in [0.3, 0.4) is 0 Å². The summed E-state index contributed by atoms with van der Waals surface area (Å²) in [6.45, 7) is 4.17. The second kappa shape index (κ2) is 9.68. The van der Waals surface area contributed by atoms with E-state index in [1.165, 1.54) is 6.07 Å². The molecule has 1 N–H and O–H groups in total. The highest BCUT2D eigenvalue weighted by Gasteiger charge is 2.14. The van der Waals surface area contributed by atoms with Crippen molar-refractivity contribution in [3.05, 3.63) is 53.1 Å². The first-order valence-electron chi connectivity index (χ1n) is 8.16. The van der Waals surface area contributed by atoms with Crippen molar-refractivity contribution in [3.63, 3.8) is 0 Å². The Kier molecular flexibility index (Phi) is 7.29. The second-order valence-corrected chi connectivity index (χ2v) is 5.54. The number of anilines is 1. The normalized spacial score (nSPS) is 10.1. The van der Waals surface area contributed by atoms with E-state index in [2.05, 4.69) is 5.32 Å². The minimum absolute atomic E-state index is 0.266. The molecule has 0 bridgehead atoms. The van der Waals surface area contributed by atoms with Crippen LogP contribution in [0.25, 0.3) is 0 Å². The monoisotopic (exact) mass is 377 g/mol. The van der Waals surface area contributed by atoms with E-state index in [0.717, 1.165) is 0 Å². The molecule has 0 unspecified atom stereocenters. The Hall–Kier alpha value is -2.73. The molecular weight excluding hydrogens is 358 g/mol. The standard InChI is InChI=1S/C19H20ClNO5/c1-3-24-16-10-9-13(11-17(16)25-4-2)19(23)26-12-18(22)21-15-8-6-5-7-14(15)20/h5-11H,3-4,12H2,1-2H3,(H,21,22). The van der Waals surface area contributed by atoms with Crippen LogP contribution < -0.4 is 14.8 Å². The first-order valence-corrected chi connectivity index (χ1v) is 8.54. The quantitative estimate of drug-likeness (QED) is 0.705. The van der Waals surface area contributed by atoms with Gasteiger partial charge in [0.15, 0.2) is 18.1 Å². The van der Waals surface area contributed by atoms with Crippen LogP contribution in [0.5, 0.6) is 11.5 Å². The van der Waals surface area contributed by atoms with Crippen LogP contribution in [-0.2, 0) is 9.53 Å². The fourth-order valence-electron chi connectivity index (χ4n) is 2.14. The summed E-state index contributed by atoms with van der Waals surface area (Å²) in [6, 6.07) is 11.5. The van der Waals surface area contributed by atoms with Crippen molar-refractivity contribution in [1.29, 1.82) is 0 Å². The molecule has 0 aliphatic heterocycles. The summed E-state index contributed by atoms with van der Waals surface area (Å²) in [5, 5.41) is 2.98. The maximum atomic E-state index is 12.2. The van der Waals surface area contributed by atoms with Crippen molar-refractivity contribution in [2.45, 2.75) is 13.8 Å². The lowest BCUT2D eigenvalue weighted by Crippen LogP contribution is -2.21. The summed E-state index contributed by atoms with van der Waals surface area (Å²) in [4.78, 5) is 24.1. The van der Waals surface area contributed by atoms with Crippen molar-refractivity contribution in [3.8, 4) is 11.5 Å². The SMILES string of the molecule is CCOc1ccc(C(=O)OCC(=O)Nc2ccccc2Cl)cc1OCC. The van der Waals surface area contributed by atoms with E-state index in [4.69, 9.17) is 25.8 Å². The number of hydrogen-bond acceptors (Lipinski definition) is 5. The summed E-state index contributed by atoms with van der Waals surface area (Å²) in [5.41, 5.74) is 0.720. The molecule has 0 fully saturated rings. The second-order valence-electron chi connectivity index (χ2n) is 5.13. The summed E-state index contributed by atoms with van der Waals surface area (Å²) in [7, 11) is 0.